The van der Waals surface area contributed by atoms with Crippen LogP contribution < -0.4 is 0 Å². The Morgan fingerprint density at radius 2 is 1.70 bits per heavy atom. The highest BCUT2D eigenvalue weighted by Crippen LogP contribution is 2.65. The second-order valence-corrected chi connectivity index (χ2v) is 7.65. The lowest BCUT2D eigenvalue weighted by Gasteiger charge is -2.30. The van der Waals surface area contributed by atoms with Crippen molar-refractivity contribution >= 4 is 5.91 Å². The maximum atomic E-state index is 13.3. The van der Waals surface area contributed by atoms with E-state index in [1.165, 1.54) is 5.56 Å². The zero-order chi connectivity index (χ0) is 17.3. The van der Waals surface area contributed by atoms with Crippen molar-refractivity contribution in [1.29, 1.82) is 0 Å². The number of rotatable bonds is 7. The van der Waals surface area contributed by atoms with Gasteiger partial charge in [-0.05, 0) is 38.4 Å². The molecule has 1 aromatic rings. The van der Waals surface area contributed by atoms with Crippen LogP contribution in [0.2, 0.25) is 0 Å². The lowest BCUT2D eigenvalue weighted by Crippen LogP contribution is -2.45. The van der Waals surface area contributed by atoms with Crippen LogP contribution in [0.3, 0.4) is 0 Å². The SMILES string of the molecule is Cc1ccc(C2(C(=O)N(CCO)CCN(C)C)CC2(C)C)cc1. The minimum Gasteiger partial charge on any atom is -0.395 e. The number of carbonyl (C=O) groups is 1. The summed E-state index contributed by atoms with van der Waals surface area (Å²) in [7, 11) is 4.00. The quantitative estimate of drug-likeness (QED) is 0.837. The predicted molar refractivity (Wildman–Crippen MR) is 93.5 cm³/mol. The molecule has 1 fully saturated rings. The van der Waals surface area contributed by atoms with Crippen LogP contribution in [0.1, 0.15) is 31.4 Å². The van der Waals surface area contributed by atoms with Crippen LogP contribution in [0.5, 0.6) is 0 Å². The second kappa shape index (κ2) is 6.62. The van der Waals surface area contributed by atoms with Gasteiger partial charge >= 0.3 is 0 Å². The fourth-order valence-electron chi connectivity index (χ4n) is 3.46. The van der Waals surface area contributed by atoms with E-state index in [1.54, 1.807) is 0 Å². The molecule has 128 valence electrons. The summed E-state index contributed by atoms with van der Waals surface area (Å²) in [6.07, 6.45) is 0.867. The molecule has 1 N–H and O–H groups in total. The predicted octanol–water partition coefficient (Wildman–Crippen LogP) is 2.05. The molecule has 1 aromatic carbocycles. The number of hydrogen-bond donors (Lipinski definition) is 1. The molecule has 2 rings (SSSR count). The van der Waals surface area contributed by atoms with Crippen molar-refractivity contribution in [3.8, 4) is 0 Å². The lowest BCUT2D eigenvalue weighted by atomic mass is 9.86. The maximum Gasteiger partial charge on any atom is 0.233 e. The highest BCUT2D eigenvalue weighted by Gasteiger charge is 2.67. The van der Waals surface area contributed by atoms with Crippen LogP contribution in [0.25, 0.3) is 0 Å². The number of aliphatic hydroxyl groups is 1. The summed E-state index contributed by atoms with van der Waals surface area (Å²) in [5.74, 6) is 0.155. The molecule has 0 heterocycles. The fraction of sp³-hybridized carbons (Fsp3) is 0.632. The number of nitrogens with zero attached hydrogens (tertiary/aromatic N) is 2. The first-order valence-electron chi connectivity index (χ1n) is 8.37. The number of hydrogen-bond acceptors (Lipinski definition) is 3. The standard InChI is InChI=1S/C19H30N2O2/c1-15-6-8-16(9-7-15)19(14-18(19,2)3)17(23)21(12-13-22)11-10-20(4)5/h6-9,22H,10-14H2,1-5H3. The summed E-state index contributed by atoms with van der Waals surface area (Å²) in [5, 5.41) is 9.37. The highest BCUT2D eigenvalue weighted by molar-refractivity contribution is 5.93. The van der Waals surface area contributed by atoms with Gasteiger partial charge in [0.2, 0.25) is 5.91 Å². The first-order valence-corrected chi connectivity index (χ1v) is 8.37. The Hall–Kier alpha value is -1.39. The molecule has 1 aliphatic rings. The third-order valence-corrected chi connectivity index (χ3v) is 5.12. The van der Waals surface area contributed by atoms with Crippen LogP contribution in [0, 0.1) is 12.3 Å². The number of likely N-dealkylation sites (N-methyl/N-ethyl adjacent to an activating group) is 1. The Morgan fingerprint density at radius 1 is 1.13 bits per heavy atom. The van der Waals surface area contributed by atoms with E-state index >= 15 is 0 Å². The minimum atomic E-state index is -0.442. The summed E-state index contributed by atoms with van der Waals surface area (Å²) in [6, 6.07) is 8.33. The first kappa shape index (κ1) is 18.0. The van der Waals surface area contributed by atoms with E-state index in [4.69, 9.17) is 0 Å². The van der Waals surface area contributed by atoms with E-state index in [0.29, 0.717) is 13.1 Å². The van der Waals surface area contributed by atoms with E-state index in [-0.39, 0.29) is 17.9 Å². The van der Waals surface area contributed by atoms with Gasteiger partial charge in [0.05, 0.1) is 12.0 Å². The molecule has 1 amide bonds. The average molecular weight is 318 g/mol. The summed E-state index contributed by atoms with van der Waals surface area (Å²) >= 11 is 0. The number of benzene rings is 1. The largest absolute Gasteiger partial charge is 0.395 e. The summed E-state index contributed by atoms with van der Waals surface area (Å²) < 4.78 is 0. The molecule has 0 saturated heterocycles. The molecule has 4 heteroatoms. The zero-order valence-electron chi connectivity index (χ0n) is 15.1. The van der Waals surface area contributed by atoms with Crippen LogP contribution in [-0.4, -0.2) is 61.2 Å². The lowest BCUT2D eigenvalue weighted by molar-refractivity contribution is -0.135. The van der Waals surface area contributed by atoms with Crippen LogP contribution >= 0.6 is 0 Å². The second-order valence-electron chi connectivity index (χ2n) is 7.65. The normalized spacial score (nSPS) is 22.2. The number of carbonyl (C=O) groups excluding carboxylic acids is 1. The molecule has 1 saturated carbocycles. The smallest absolute Gasteiger partial charge is 0.233 e. The molecule has 0 spiro atoms. The summed E-state index contributed by atoms with van der Waals surface area (Å²) in [6.45, 7) is 8.24. The van der Waals surface area contributed by atoms with Gasteiger partial charge in [-0.3, -0.25) is 4.79 Å². The average Bonchev–Trinajstić information content (AvgIpc) is 3.07. The third kappa shape index (κ3) is 3.43. The number of aryl methyl sites for hydroxylation is 1. The Balaban J connectivity index is 2.29. The molecule has 4 nitrogen and oxygen atoms in total. The molecule has 1 aliphatic carbocycles. The van der Waals surface area contributed by atoms with Crippen molar-refractivity contribution in [2.75, 3.05) is 40.3 Å². The van der Waals surface area contributed by atoms with Crippen molar-refractivity contribution in [2.45, 2.75) is 32.6 Å². The van der Waals surface area contributed by atoms with Crippen molar-refractivity contribution in [3.63, 3.8) is 0 Å². The van der Waals surface area contributed by atoms with E-state index in [9.17, 15) is 9.90 Å². The maximum absolute atomic E-state index is 13.3. The Kier molecular flexibility index (Phi) is 5.17. The van der Waals surface area contributed by atoms with Gasteiger partial charge in [0, 0.05) is 19.6 Å². The van der Waals surface area contributed by atoms with Crippen LogP contribution in [0.4, 0.5) is 0 Å². The van der Waals surface area contributed by atoms with E-state index in [0.717, 1.165) is 18.5 Å². The number of amides is 1. The van der Waals surface area contributed by atoms with Gasteiger partial charge in [0.15, 0.2) is 0 Å². The van der Waals surface area contributed by atoms with Gasteiger partial charge in [-0.15, -0.1) is 0 Å². The van der Waals surface area contributed by atoms with Gasteiger partial charge < -0.3 is 14.9 Å². The molecular weight excluding hydrogens is 288 g/mol. The topological polar surface area (TPSA) is 43.8 Å². The molecule has 1 atom stereocenters. The minimum absolute atomic E-state index is 0.00355. The summed E-state index contributed by atoms with van der Waals surface area (Å²) in [4.78, 5) is 17.2. The van der Waals surface area contributed by atoms with Gasteiger partial charge in [-0.1, -0.05) is 43.7 Å². The van der Waals surface area contributed by atoms with Gasteiger partial charge in [0.1, 0.15) is 0 Å². The molecule has 0 radical (unpaired) electrons. The first-order chi connectivity index (χ1) is 10.7. The third-order valence-electron chi connectivity index (χ3n) is 5.12. The molecule has 0 aromatic heterocycles. The number of aliphatic hydroxyl groups excluding tert-OH is 1. The van der Waals surface area contributed by atoms with Crippen LogP contribution in [-0.2, 0) is 10.2 Å². The molecule has 0 aliphatic heterocycles. The fourth-order valence-corrected chi connectivity index (χ4v) is 3.46. The molecule has 0 bridgehead atoms. The van der Waals surface area contributed by atoms with Crippen LogP contribution in [0.15, 0.2) is 24.3 Å². The summed E-state index contributed by atoms with van der Waals surface area (Å²) in [5.41, 5.74) is 1.83. The molecule has 1 unspecified atom stereocenters. The molecule has 23 heavy (non-hydrogen) atoms. The van der Waals surface area contributed by atoms with Crippen molar-refractivity contribution in [2.24, 2.45) is 5.41 Å². The van der Waals surface area contributed by atoms with Crippen molar-refractivity contribution in [1.82, 2.24) is 9.80 Å². The highest BCUT2D eigenvalue weighted by atomic mass is 16.3. The zero-order valence-corrected chi connectivity index (χ0v) is 15.1. The van der Waals surface area contributed by atoms with Gasteiger partial charge in [-0.25, -0.2) is 0 Å². The van der Waals surface area contributed by atoms with Crippen molar-refractivity contribution < 1.29 is 9.90 Å². The Bertz CT molecular complexity index is 551. The van der Waals surface area contributed by atoms with E-state index < -0.39 is 5.41 Å². The van der Waals surface area contributed by atoms with E-state index in [2.05, 4.69) is 49.9 Å². The monoisotopic (exact) mass is 318 g/mol. The Morgan fingerprint density at radius 3 is 2.13 bits per heavy atom. The van der Waals surface area contributed by atoms with E-state index in [1.807, 2.05) is 19.0 Å². The van der Waals surface area contributed by atoms with Gasteiger partial charge in [0.25, 0.3) is 0 Å². The van der Waals surface area contributed by atoms with Gasteiger partial charge in [-0.2, -0.15) is 0 Å². The van der Waals surface area contributed by atoms with Crippen molar-refractivity contribution in [3.05, 3.63) is 35.4 Å². The Labute approximate surface area is 140 Å². The molecular formula is C19H30N2O2.